The first-order chi connectivity index (χ1) is 10.9. The predicted octanol–water partition coefficient (Wildman–Crippen LogP) is 4.61. The zero-order valence-corrected chi connectivity index (χ0v) is 14.0. The summed E-state index contributed by atoms with van der Waals surface area (Å²) in [6.07, 6.45) is 3.18. The quantitative estimate of drug-likeness (QED) is 0.470. The van der Waals surface area contributed by atoms with Gasteiger partial charge in [-0.05, 0) is 46.9 Å². The molecule has 0 heterocycles. The molecule has 3 heteroatoms. The van der Waals surface area contributed by atoms with E-state index in [9.17, 15) is 4.79 Å². The molecule has 0 N–H and O–H groups in total. The highest BCUT2D eigenvalue weighted by atomic mass is 16.5. The summed E-state index contributed by atoms with van der Waals surface area (Å²) in [6, 6.07) is 15.0. The average molecular weight is 310 g/mol. The maximum absolute atomic E-state index is 11.8. The minimum Gasteiger partial charge on any atom is -0.497 e. The summed E-state index contributed by atoms with van der Waals surface area (Å²) in [4.78, 5) is 11.8. The first kappa shape index (κ1) is 16.8. The highest BCUT2D eigenvalue weighted by Gasteiger charge is 2.12. The standard InChI is InChI=1S/C20H22O3/c1-20(2,3)16-8-5-15(6-9-16)7-14-19(21)23-18-12-10-17(22-4)11-13-18/h5-14H,1-4H3/b14-7+. The number of methoxy groups -OCH3 is 1. The third-order valence-electron chi connectivity index (χ3n) is 3.47. The summed E-state index contributed by atoms with van der Waals surface area (Å²) in [6.45, 7) is 6.51. The van der Waals surface area contributed by atoms with Gasteiger partial charge in [-0.25, -0.2) is 4.79 Å². The van der Waals surface area contributed by atoms with Crippen molar-refractivity contribution in [2.24, 2.45) is 0 Å². The fourth-order valence-electron chi connectivity index (χ4n) is 2.05. The van der Waals surface area contributed by atoms with Crippen molar-refractivity contribution < 1.29 is 14.3 Å². The highest BCUT2D eigenvalue weighted by Crippen LogP contribution is 2.22. The van der Waals surface area contributed by atoms with Crippen molar-refractivity contribution in [3.63, 3.8) is 0 Å². The van der Waals surface area contributed by atoms with Gasteiger partial charge in [0.2, 0.25) is 0 Å². The number of ether oxygens (including phenoxy) is 2. The van der Waals surface area contributed by atoms with Crippen LogP contribution >= 0.6 is 0 Å². The molecule has 0 aliphatic rings. The number of hydrogen-bond acceptors (Lipinski definition) is 3. The Kier molecular flexibility index (Phi) is 5.22. The van der Waals surface area contributed by atoms with Crippen molar-refractivity contribution in [1.29, 1.82) is 0 Å². The lowest BCUT2D eigenvalue weighted by Gasteiger charge is -2.18. The molecule has 0 saturated carbocycles. The molecule has 3 nitrogen and oxygen atoms in total. The van der Waals surface area contributed by atoms with Gasteiger partial charge in [0.1, 0.15) is 11.5 Å². The van der Waals surface area contributed by atoms with E-state index in [1.807, 2.05) is 12.1 Å². The molecule has 2 aromatic rings. The Morgan fingerprint density at radius 2 is 1.48 bits per heavy atom. The smallest absolute Gasteiger partial charge is 0.336 e. The Bertz CT molecular complexity index is 674. The van der Waals surface area contributed by atoms with Gasteiger partial charge in [-0.1, -0.05) is 45.0 Å². The van der Waals surface area contributed by atoms with Crippen molar-refractivity contribution in [3.8, 4) is 11.5 Å². The molecule has 120 valence electrons. The van der Waals surface area contributed by atoms with Crippen LogP contribution < -0.4 is 9.47 Å². The molecular formula is C20H22O3. The van der Waals surface area contributed by atoms with E-state index in [0.717, 1.165) is 11.3 Å². The molecule has 0 amide bonds. The Labute approximate surface area is 137 Å². The van der Waals surface area contributed by atoms with E-state index in [4.69, 9.17) is 9.47 Å². The summed E-state index contributed by atoms with van der Waals surface area (Å²) < 4.78 is 10.3. The molecule has 0 radical (unpaired) electrons. The number of carbonyl (C=O) groups excluding carboxylic acids is 1. The van der Waals surface area contributed by atoms with Gasteiger partial charge in [-0.2, -0.15) is 0 Å². The summed E-state index contributed by atoms with van der Waals surface area (Å²) in [5, 5.41) is 0. The van der Waals surface area contributed by atoms with E-state index in [-0.39, 0.29) is 5.41 Å². The van der Waals surface area contributed by atoms with Gasteiger partial charge >= 0.3 is 5.97 Å². The minimum atomic E-state index is -0.407. The van der Waals surface area contributed by atoms with Crippen molar-refractivity contribution >= 4 is 12.0 Å². The van der Waals surface area contributed by atoms with Gasteiger partial charge < -0.3 is 9.47 Å². The molecule has 0 saturated heterocycles. The first-order valence-electron chi connectivity index (χ1n) is 7.53. The van der Waals surface area contributed by atoms with Crippen LogP contribution in [0.15, 0.2) is 54.6 Å². The lowest BCUT2D eigenvalue weighted by Crippen LogP contribution is -2.10. The van der Waals surface area contributed by atoms with Crippen LogP contribution in [0, 0.1) is 0 Å². The molecule has 0 atom stereocenters. The zero-order chi connectivity index (χ0) is 16.9. The van der Waals surface area contributed by atoms with Crippen LogP contribution in [0.25, 0.3) is 6.08 Å². The van der Waals surface area contributed by atoms with Crippen molar-refractivity contribution in [3.05, 3.63) is 65.7 Å². The number of esters is 1. The number of carbonyl (C=O) groups is 1. The van der Waals surface area contributed by atoms with Crippen molar-refractivity contribution in [2.45, 2.75) is 26.2 Å². The topological polar surface area (TPSA) is 35.5 Å². The van der Waals surface area contributed by atoms with Gasteiger partial charge in [-0.15, -0.1) is 0 Å². The Hall–Kier alpha value is -2.55. The Balaban J connectivity index is 1.97. The van der Waals surface area contributed by atoms with Crippen LogP contribution in [0.3, 0.4) is 0 Å². The summed E-state index contributed by atoms with van der Waals surface area (Å²) in [5.74, 6) is 0.804. The molecule has 0 bridgehead atoms. The largest absolute Gasteiger partial charge is 0.497 e. The second-order valence-corrected chi connectivity index (χ2v) is 6.30. The SMILES string of the molecule is COc1ccc(OC(=O)/C=C/c2ccc(C(C)(C)C)cc2)cc1. The van der Waals surface area contributed by atoms with Crippen LogP contribution in [0.4, 0.5) is 0 Å². The van der Waals surface area contributed by atoms with Crippen LogP contribution in [-0.4, -0.2) is 13.1 Å². The molecule has 0 aliphatic heterocycles. The maximum atomic E-state index is 11.8. The normalized spacial score (nSPS) is 11.5. The van der Waals surface area contributed by atoms with E-state index in [2.05, 4.69) is 32.9 Å². The highest BCUT2D eigenvalue weighted by molar-refractivity contribution is 5.88. The Morgan fingerprint density at radius 3 is 2.00 bits per heavy atom. The second kappa shape index (κ2) is 7.14. The van der Waals surface area contributed by atoms with E-state index in [1.54, 1.807) is 37.5 Å². The van der Waals surface area contributed by atoms with Crippen LogP contribution in [-0.2, 0) is 10.2 Å². The summed E-state index contributed by atoms with van der Waals surface area (Å²) >= 11 is 0. The molecule has 0 spiro atoms. The molecule has 23 heavy (non-hydrogen) atoms. The first-order valence-corrected chi connectivity index (χ1v) is 7.53. The molecule has 0 aliphatic carbocycles. The third-order valence-corrected chi connectivity index (χ3v) is 3.47. The van der Waals surface area contributed by atoms with Gasteiger partial charge in [0.25, 0.3) is 0 Å². The average Bonchev–Trinajstić information content (AvgIpc) is 2.53. The fraction of sp³-hybridized carbons (Fsp3) is 0.250. The van der Waals surface area contributed by atoms with Crippen molar-refractivity contribution in [1.82, 2.24) is 0 Å². The molecule has 2 rings (SSSR count). The summed E-state index contributed by atoms with van der Waals surface area (Å²) in [7, 11) is 1.59. The van der Waals surface area contributed by atoms with Gasteiger partial charge in [-0.3, -0.25) is 0 Å². The van der Waals surface area contributed by atoms with E-state index in [1.165, 1.54) is 11.6 Å². The van der Waals surface area contributed by atoms with E-state index >= 15 is 0 Å². The third kappa shape index (κ3) is 4.99. The van der Waals surface area contributed by atoms with Crippen LogP contribution in [0.5, 0.6) is 11.5 Å². The maximum Gasteiger partial charge on any atom is 0.336 e. The van der Waals surface area contributed by atoms with Gasteiger partial charge in [0.15, 0.2) is 0 Å². The van der Waals surface area contributed by atoms with Crippen LogP contribution in [0.1, 0.15) is 31.9 Å². The zero-order valence-electron chi connectivity index (χ0n) is 14.0. The minimum absolute atomic E-state index is 0.121. The number of rotatable bonds is 4. The summed E-state index contributed by atoms with van der Waals surface area (Å²) in [5.41, 5.74) is 2.34. The lowest BCUT2D eigenvalue weighted by atomic mass is 9.87. The van der Waals surface area contributed by atoms with E-state index in [0.29, 0.717) is 5.75 Å². The van der Waals surface area contributed by atoms with E-state index < -0.39 is 5.97 Å². The number of benzene rings is 2. The Morgan fingerprint density at radius 1 is 0.913 bits per heavy atom. The predicted molar refractivity (Wildman–Crippen MR) is 92.8 cm³/mol. The fourth-order valence-corrected chi connectivity index (χ4v) is 2.05. The molecule has 2 aromatic carbocycles. The molecule has 0 fully saturated rings. The van der Waals surface area contributed by atoms with Crippen molar-refractivity contribution in [2.75, 3.05) is 7.11 Å². The molecule has 0 aromatic heterocycles. The number of hydrogen-bond donors (Lipinski definition) is 0. The molecular weight excluding hydrogens is 288 g/mol. The van der Waals surface area contributed by atoms with Gasteiger partial charge in [0.05, 0.1) is 7.11 Å². The second-order valence-electron chi connectivity index (χ2n) is 6.30. The van der Waals surface area contributed by atoms with Gasteiger partial charge in [0, 0.05) is 6.08 Å². The molecule has 0 unspecified atom stereocenters. The van der Waals surface area contributed by atoms with Crippen LogP contribution in [0.2, 0.25) is 0 Å². The monoisotopic (exact) mass is 310 g/mol. The lowest BCUT2D eigenvalue weighted by molar-refractivity contribution is -0.128.